The summed E-state index contributed by atoms with van der Waals surface area (Å²) >= 11 is 0. The van der Waals surface area contributed by atoms with Crippen LogP contribution < -0.4 is 10.0 Å². The fraction of sp³-hybridized carbons (Fsp3) is 0.304. The lowest BCUT2D eigenvalue weighted by Crippen LogP contribution is -2.18. The largest absolute Gasteiger partial charge is 0.319 e. The van der Waals surface area contributed by atoms with E-state index in [4.69, 9.17) is 0 Å². The zero-order valence-electron chi connectivity index (χ0n) is 18.6. The first-order chi connectivity index (χ1) is 14.4. The molecule has 0 saturated carbocycles. The number of aromatic nitrogens is 2. The molecule has 0 aliphatic rings. The van der Waals surface area contributed by atoms with Gasteiger partial charge in [0.05, 0.1) is 16.8 Å². The Hall–Kier alpha value is -3.13. The summed E-state index contributed by atoms with van der Waals surface area (Å²) in [6, 6.07) is 10.1. The summed E-state index contributed by atoms with van der Waals surface area (Å²) in [5.74, 6) is -0.299. The average molecular weight is 441 g/mol. The molecule has 0 atom stereocenters. The average Bonchev–Trinajstić information content (AvgIpc) is 3.07. The van der Waals surface area contributed by atoms with E-state index in [2.05, 4.69) is 35.9 Å². The molecule has 0 aliphatic heterocycles. The number of rotatable bonds is 5. The van der Waals surface area contributed by atoms with Crippen molar-refractivity contribution in [2.24, 2.45) is 7.05 Å². The second-order valence-corrected chi connectivity index (χ2v) is 10.4. The van der Waals surface area contributed by atoms with Crippen LogP contribution in [0.25, 0.3) is 0 Å². The van der Waals surface area contributed by atoms with E-state index in [1.54, 1.807) is 54.5 Å². The predicted molar refractivity (Wildman–Crippen MR) is 123 cm³/mol. The summed E-state index contributed by atoms with van der Waals surface area (Å²) < 4.78 is 30.4. The van der Waals surface area contributed by atoms with Crippen molar-refractivity contribution in [2.75, 3.05) is 10.0 Å². The molecule has 0 radical (unpaired) electrons. The highest BCUT2D eigenvalue weighted by Gasteiger charge is 2.23. The number of carbonyl (C=O) groups excluding carboxylic acids is 1. The topological polar surface area (TPSA) is 93.1 Å². The van der Waals surface area contributed by atoms with E-state index >= 15 is 0 Å². The van der Waals surface area contributed by atoms with Crippen molar-refractivity contribution in [1.82, 2.24) is 9.78 Å². The SMILES string of the molecule is Cc1cc(C(C)(C)C)cc(S(=O)(=O)Nc2ccc(C(=O)Nc3cnn(C)c3)cc2)c1C. The molecule has 0 saturated heterocycles. The second kappa shape index (κ2) is 8.19. The van der Waals surface area contributed by atoms with Crippen LogP contribution in [0.5, 0.6) is 0 Å². The number of nitrogens with zero attached hydrogens (tertiary/aromatic N) is 2. The molecule has 2 aromatic carbocycles. The number of carbonyl (C=O) groups is 1. The summed E-state index contributed by atoms with van der Waals surface area (Å²) in [4.78, 5) is 12.6. The van der Waals surface area contributed by atoms with Crippen LogP contribution in [-0.4, -0.2) is 24.1 Å². The van der Waals surface area contributed by atoms with Crippen molar-refractivity contribution in [1.29, 1.82) is 0 Å². The monoisotopic (exact) mass is 440 g/mol. The van der Waals surface area contributed by atoms with Crippen molar-refractivity contribution >= 4 is 27.3 Å². The first-order valence-electron chi connectivity index (χ1n) is 9.91. The van der Waals surface area contributed by atoms with Crippen molar-refractivity contribution in [2.45, 2.75) is 44.9 Å². The summed E-state index contributed by atoms with van der Waals surface area (Å²) in [6.45, 7) is 9.88. The molecule has 0 bridgehead atoms. The fourth-order valence-electron chi connectivity index (χ4n) is 3.13. The molecule has 31 heavy (non-hydrogen) atoms. The number of anilines is 2. The van der Waals surface area contributed by atoms with Gasteiger partial charge in [0.1, 0.15) is 0 Å². The molecule has 7 nitrogen and oxygen atoms in total. The van der Waals surface area contributed by atoms with Crippen LogP contribution in [0.2, 0.25) is 0 Å². The van der Waals surface area contributed by atoms with E-state index in [-0.39, 0.29) is 16.2 Å². The molecule has 1 heterocycles. The number of amides is 1. The van der Waals surface area contributed by atoms with Gasteiger partial charge < -0.3 is 5.32 Å². The van der Waals surface area contributed by atoms with E-state index in [0.29, 0.717) is 22.5 Å². The Morgan fingerprint density at radius 3 is 2.23 bits per heavy atom. The maximum atomic E-state index is 13.1. The number of hydrogen-bond donors (Lipinski definition) is 2. The fourth-order valence-corrected chi connectivity index (χ4v) is 4.53. The third-order valence-electron chi connectivity index (χ3n) is 5.14. The Morgan fingerprint density at radius 1 is 1.03 bits per heavy atom. The minimum atomic E-state index is -3.79. The second-order valence-electron chi connectivity index (χ2n) is 8.71. The lowest BCUT2D eigenvalue weighted by Gasteiger charge is -2.22. The summed E-state index contributed by atoms with van der Waals surface area (Å²) in [7, 11) is -2.03. The van der Waals surface area contributed by atoms with E-state index in [1.165, 1.54) is 0 Å². The molecular formula is C23H28N4O3S. The molecule has 0 aliphatic carbocycles. The quantitative estimate of drug-likeness (QED) is 0.615. The maximum Gasteiger partial charge on any atom is 0.262 e. The first-order valence-corrected chi connectivity index (χ1v) is 11.4. The molecule has 3 rings (SSSR count). The molecule has 2 N–H and O–H groups in total. The number of nitrogens with one attached hydrogen (secondary N) is 2. The lowest BCUT2D eigenvalue weighted by atomic mass is 9.85. The van der Waals surface area contributed by atoms with Crippen molar-refractivity contribution < 1.29 is 13.2 Å². The van der Waals surface area contributed by atoms with Crippen LogP contribution in [0, 0.1) is 13.8 Å². The van der Waals surface area contributed by atoms with Gasteiger partial charge in [0, 0.05) is 24.5 Å². The highest BCUT2D eigenvalue weighted by atomic mass is 32.2. The third kappa shape index (κ3) is 5.14. The van der Waals surface area contributed by atoms with Gasteiger partial charge in [0.15, 0.2) is 0 Å². The highest BCUT2D eigenvalue weighted by molar-refractivity contribution is 7.92. The highest BCUT2D eigenvalue weighted by Crippen LogP contribution is 2.30. The molecule has 0 spiro atoms. The molecule has 1 amide bonds. The molecule has 3 aromatic rings. The predicted octanol–water partition coefficient (Wildman–Crippen LogP) is 4.39. The molecule has 1 aromatic heterocycles. The zero-order chi connectivity index (χ0) is 23.0. The summed E-state index contributed by atoms with van der Waals surface area (Å²) in [5.41, 5.74) is 3.81. The molecule has 164 valence electrons. The van der Waals surface area contributed by atoms with Crippen molar-refractivity contribution in [3.63, 3.8) is 0 Å². The van der Waals surface area contributed by atoms with E-state index in [1.807, 2.05) is 19.9 Å². The van der Waals surface area contributed by atoms with Gasteiger partial charge in [-0.1, -0.05) is 26.8 Å². The number of hydrogen-bond acceptors (Lipinski definition) is 4. The third-order valence-corrected chi connectivity index (χ3v) is 6.64. The normalized spacial score (nSPS) is 11.9. The van der Waals surface area contributed by atoms with E-state index < -0.39 is 10.0 Å². The Balaban J connectivity index is 1.82. The van der Waals surface area contributed by atoms with Gasteiger partial charge in [-0.25, -0.2) is 8.42 Å². The lowest BCUT2D eigenvalue weighted by molar-refractivity contribution is 0.102. The van der Waals surface area contributed by atoms with Crippen molar-refractivity contribution in [3.8, 4) is 0 Å². The van der Waals surface area contributed by atoms with Crippen LogP contribution >= 0.6 is 0 Å². The Bertz CT molecular complexity index is 1220. The maximum absolute atomic E-state index is 13.1. The van der Waals surface area contributed by atoms with Crippen LogP contribution in [0.3, 0.4) is 0 Å². The van der Waals surface area contributed by atoms with Crippen LogP contribution in [0.1, 0.15) is 47.8 Å². The van der Waals surface area contributed by atoms with Crippen LogP contribution in [0.4, 0.5) is 11.4 Å². The van der Waals surface area contributed by atoms with Gasteiger partial charge in [-0.3, -0.25) is 14.2 Å². The Labute approximate surface area is 183 Å². The number of benzene rings is 2. The van der Waals surface area contributed by atoms with Crippen LogP contribution in [-0.2, 0) is 22.5 Å². The summed E-state index contributed by atoms with van der Waals surface area (Å²) in [5, 5.41) is 6.75. The standard InChI is InChI=1S/C23H28N4O3S/c1-15-11-18(23(3,4)5)12-21(16(15)2)31(29,30)26-19-9-7-17(8-10-19)22(28)25-20-13-24-27(6)14-20/h7-14,26H,1-6H3,(H,25,28). The van der Waals surface area contributed by atoms with E-state index in [0.717, 1.165) is 11.1 Å². The minimum Gasteiger partial charge on any atom is -0.319 e. The zero-order valence-corrected chi connectivity index (χ0v) is 19.5. The van der Waals surface area contributed by atoms with Gasteiger partial charge in [-0.05, 0) is 66.3 Å². The van der Waals surface area contributed by atoms with Crippen molar-refractivity contribution in [3.05, 3.63) is 71.0 Å². The molecule has 8 heteroatoms. The minimum absolute atomic E-state index is 0.175. The first kappa shape index (κ1) is 22.6. The number of aryl methyl sites for hydroxylation is 2. The molecule has 0 fully saturated rings. The Morgan fingerprint density at radius 2 is 1.68 bits per heavy atom. The van der Waals surface area contributed by atoms with Gasteiger partial charge in [-0.2, -0.15) is 5.10 Å². The Kier molecular flexibility index (Phi) is 5.96. The smallest absolute Gasteiger partial charge is 0.262 e. The van der Waals surface area contributed by atoms with Gasteiger partial charge >= 0.3 is 0 Å². The molecule has 0 unspecified atom stereocenters. The van der Waals surface area contributed by atoms with Gasteiger partial charge in [0.2, 0.25) is 0 Å². The van der Waals surface area contributed by atoms with Crippen LogP contribution in [0.15, 0.2) is 53.7 Å². The van der Waals surface area contributed by atoms with Gasteiger partial charge in [-0.15, -0.1) is 0 Å². The summed E-state index contributed by atoms with van der Waals surface area (Å²) in [6.07, 6.45) is 3.24. The molecular weight excluding hydrogens is 412 g/mol. The van der Waals surface area contributed by atoms with Gasteiger partial charge in [0.25, 0.3) is 15.9 Å². The number of sulfonamides is 1. The van der Waals surface area contributed by atoms with E-state index in [9.17, 15) is 13.2 Å².